The van der Waals surface area contributed by atoms with Gasteiger partial charge in [0.05, 0.1) is 0 Å². The summed E-state index contributed by atoms with van der Waals surface area (Å²) in [6, 6.07) is 5.09. The molecule has 8 heteroatoms. The molecule has 2 fully saturated rings. The monoisotopic (exact) mass is 387 g/mol. The molecule has 1 aliphatic carbocycles. The van der Waals surface area contributed by atoms with E-state index in [0.29, 0.717) is 37.4 Å². The average molecular weight is 387 g/mol. The molecule has 2 aliphatic heterocycles. The van der Waals surface area contributed by atoms with E-state index in [1.54, 1.807) is 4.90 Å². The van der Waals surface area contributed by atoms with E-state index in [2.05, 4.69) is 5.32 Å². The van der Waals surface area contributed by atoms with Crippen LogP contribution < -0.4 is 14.8 Å². The molecule has 1 saturated carbocycles. The fourth-order valence-electron chi connectivity index (χ4n) is 4.19. The molecule has 0 radical (unpaired) electrons. The summed E-state index contributed by atoms with van der Waals surface area (Å²) in [4.78, 5) is 40.8. The predicted molar refractivity (Wildman–Crippen MR) is 99.7 cm³/mol. The number of carbonyl (C=O) groups excluding carboxylic acids is 3. The van der Waals surface area contributed by atoms with Gasteiger partial charge >= 0.3 is 6.03 Å². The first-order valence-electron chi connectivity index (χ1n) is 9.83. The van der Waals surface area contributed by atoms with Crippen LogP contribution in [0.2, 0.25) is 0 Å². The van der Waals surface area contributed by atoms with Crippen molar-refractivity contribution in [3.8, 4) is 11.5 Å². The molecule has 3 aliphatic rings. The molecular weight excluding hydrogens is 362 g/mol. The number of nitrogens with zero attached hydrogens (tertiary/aromatic N) is 2. The van der Waals surface area contributed by atoms with E-state index < -0.39 is 11.6 Å². The Kier molecular flexibility index (Phi) is 4.87. The summed E-state index contributed by atoms with van der Waals surface area (Å²) in [5.41, 5.74) is 0.102. The van der Waals surface area contributed by atoms with Crippen molar-refractivity contribution in [1.82, 2.24) is 15.1 Å². The SMILES string of the molecule is CCN(Cc1ccc2c(c1)OCO2)C(=O)CN1C(=O)NC2(CCCCC2)C1=O. The average Bonchev–Trinajstić information content (AvgIpc) is 3.25. The van der Waals surface area contributed by atoms with E-state index in [4.69, 9.17) is 9.47 Å². The maximum Gasteiger partial charge on any atom is 0.325 e. The van der Waals surface area contributed by atoms with Gasteiger partial charge in [0.25, 0.3) is 5.91 Å². The molecule has 1 N–H and O–H groups in total. The first-order valence-corrected chi connectivity index (χ1v) is 9.83. The van der Waals surface area contributed by atoms with E-state index in [1.165, 1.54) is 0 Å². The summed E-state index contributed by atoms with van der Waals surface area (Å²) in [6.07, 6.45) is 4.20. The summed E-state index contributed by atoms with van der Waals surface area (Å²) in [5.74, 6) is 0.839. The van der Waals surface area contributed by atoms with E-state index in [1.807, 2.05) is 25.1 Å². The lowest BCUT2D eigenvalue weighted by Crippen LogP contribution is -2.49. The van der Waals surface area contributed by atoms with Crippen molar-refractivity contribution in [2.45, 2.75) is 51.1 Å². The standard InChI is InChI=1S/C20H25N3O5/c1-2-22(11-14-6-7-15-16(10-14)28-13-27-15)17(24)12-23-18(25)20(21-19(23)26)8-4-3-5-9-20/h6-7,10H,2-5,8-9,11-13H2,1H3,(H,21,26). The number of likely N-dealkylation sites (N-methyl/N-ethyl adjacent to an activating group) is 1. The Morgan fingerprint density at radius 3 is 2.68 bits per heavy atom. The molecule has 0 bridgehead atoms. The van der Waals surface area contributed by atoms with Crippen LogP contribution in [0.25, 0.3) is 0 Å². The molecule has 0 atom stereocenters. The number of imide groups is 1. The molecule has 8 nitrogen and oxygen atoms in total. The first kappa shape index (κ1) is 18.6. The number of hydrogen-bond acceptors (Lipinski definition) is 5. The fourth-order valence-corrected chi connectivity index (χ4v) is 4.19. The highest BCUT2D eigenvalue weighted by atomic mass is 16.7. The maximum absolute atomic E-state index is 12.9. The molecule has 0 unspecified atom stereocenters. The minimum absolute atomic E-state index is 0.198. The summed E-state index contributed by atoms with van der Waals surface area (Å²) >= 11 is 0. The molecule has 28 heavy (non-hydrogen) atoms. The number of urea groups is 1. The van der Waals surface area contributed by atoms with Gasteiger partial charge in [-0.25, -0.2) is 4.79 Å². The van der Waals surface area contributed by atoms with Crippen molar-refractivity contribution >= 4 is 17.8 Å². The van der Waals surface area contributed by atoms with Crippen LogP contribution in [-0.4, -0.2) is 53.1 Å². The highest BCUT2D eigenvalue weighted by molar-refractivity contribution is 6.09. The quantitative estimate of drug-likeness (QED) is 0.781. The summed E-state index contributed by atoms with van der Waals surface area (Å²) < 4.78 is 10.7. The molecule has 1 aromatic rings. The van der Waals surface area contributed by atoms with Gasteiger partial charge in [-0.05, 0) is 37.5 Å². The number of carbonyl (C=O) groups is 3. The summed E-state index contributed by atoms with van der Waals surface area (Å²) in [7, 11) is 0. The molecule has 1 aromatic carbocycles. The lowest BCUT2D eigenvalue weighted by molar-refractivity contribution is -0.139. The minimum atomic E-state index is -0.802. The topological polar surface area (TPSA) is 88.2 Å². The van der Waals surface area contributed by atoms with Crippen LogP contribution in [0.1, 0.15) is 44.6 Å². The molecule has 2 heterocycles. The Labute approximate surface area is 163 Å². The van der Waals surface area contributed by atoms with E-state index >= 15 is 0 Å². The zero-order valence-electron chi connectivity index (χ0n) is 16.0. The third kappa shape index (κ3) is 3.27. The zero-order chi connectivity index (χ0) is 19.7. The van der Waals surface area contributed by atoms with Crippen LogP contribution in [-0.2, 0) is 16.1 Å². The molecule has 4 rings (SSSR count). The van der Waals surface area contributed by atoms with Gasteiger partial charge in [-0.3, -0.25) is 14.5 Å². The second-order valence-corrected chi connectivity index (χ2v) is 7.56. The Morgan fingerprint density at radius 1 is 1.18 bits per heavy atom. The normalized spacial score (nSPS) is 19.8. The van der Waals surface area contributed by atoms with Crippen LogP contribution in [0.15, 0.2) is 18.2 Å². The second-order valence-electron chi connectivity index (χ2n) is 7.56. The van der Waals surface area contributed by atoms with E-state index in [9.17, 15) is 14.4 Å². The Morgan fingerprint density at radius 2 is 1.93 bits per heavy atom. The van der Waals surface area contributed by atoms with Crippen LogP contribution >= 0.6 is 0 Å². The van der Waals surface area contributed by atoms with Crippen molar-refractivity contribution in [3.63, 3.8) is 0 Å². The molecule has 1 saturated heterocycles. The Balaban J connectivity index is 1.43. The third-order valence-corrected chi connectivity index (χ3v) is 5.79. The fraction of sp³-hybridized carbons (Fsp3) is 0.550. The smallest absolute Gasteiger partial charge is 0.325 e. The van der Waals surface area contributed by atoms with Gasteiger partial charge in [-0.2, -0.15) is 0 Å². The number of hydrogen-bond donors (Lipinski definition) is 1. The zero-order valence-corrected chi connectivity index (χ0v) is 16.0. The number of nitrogens with one attached hydrogen (secondary N) is 1. The molecule has 1 spiro atoms. The van der Waals surface area contributed by atoms with Crippen molar-refractivity contribution in [2.75, 3.05) is 19.9 Å². The van der Waals surface area contributed by atoms with E-state index in [0.717, 1.165) is 29.7 Å². The summed E-state index contributed by atoms with van der Waals surface area (Å²) in [6.45, 7) is 2.69. The predicted octanol–water partition coefficient (Wildman–Crippen LogP) is 2.02. The highest BCUT2D eigenvalue weighted by Gasteiger charge is 2.51. The number of amides is 4. The third-order valence-electron chi connectivity index (χ3n) is 5.79. The molecule has 150 valence electrons. The van der Waals surface area contributed by atoms with Crippen molar-refractivity contribution in [2.24, 2.45) is 0 Å². The van der Waals surface area contributed by atoms with Crippen molar-refractivity contribution in [3.05, 3.63) is 23.8 Å². The van der Waals surface area contributed by atoms with Crippen LogP contribution in [0.3, 0.4) is 0 Å². The maximum atomic E-state index is 12.9. The van der Waals surface area contributed by atoms with Gasteiger partial charge in [0, 0.05) is 13.1 Å². The molecular formula is C20H25N3O5. The number of fused-ring (bicyclic) bond motifs is 1. The van der Waals surface area contributed by atoms with E-state index in [-0.39, 0.29) is 25.2 Å². The highest BCUT2D eigenvalue weighted by Crippen LogP contribution is 2.34. The Bertz CT molecular complexity index is 803. The molecule has 4 amide bonds. The summed E-state index contributed by atoms with van der Waals surface area (Å²) in [5, 5.41) is 2.85. The van der Waals surface area contributed by atoms with Gasteiger partial charge in [0.2, 0.25) is 12.7 Å². The lowest BCUT2D eigenvalue weighted by Gasteiger charge is -2.30. The lowest BCUT2D eigenvalue weighted by atomic mass is 9.82. The number of ether oxygens (including phenoxy) is 2. The first-order chi connectivity index (χ1) is 13.5. The van der Waals surface area contributed by atoms with Crippen LogP contribution in [0.5, 0.6) is 11.5 Å². The van der Waals surface area contributed by atoms with Crippen molar-refractivity contribution in [1.29, 1.82) is 0 Å². The second kappa shape index (κ2) is 7.33. The van der Waals surface area contributed by atoms with Crippen LogP contribution in [0.4, 0.5) is 4.79 Å². The van der Waals surface area contributed by atoms with Gasteiger partial charge in [0.15, 0.2) is 11.5 Å². The number of benzene rings is 1. The molecule has 0 aromatic heterocycles. The van der Waals surface area contributed by atoms with Gasteiger partial charge in [-0.15, -0.1) is 0 Å². The van der Waals surface area contributed by atoms with Gasteiger partial charge < -0.3 is 19.7 Å². The largest absolute Gasteiger partial charge is 0.454 e. The number of rotatable bonds is 5. The van der Waals surface area contributed by atoms with Gasteiger partial charge in [0.1, 0.15) is 12.1 Å². The van der Waals surface area contributed by atoms with Crippen molar-refractivity contribution < 1.29 is 23.9 Å². The Hall–Kier alpha value is -2.77. The van der Waals surface area contributed by atoms with Crippen LogP contribution in [0, 0.1) is 0 Å². The van der Waals surface area contributed by atoms with Gasteiger partial charge in [-0.1, -0.05) is 25.3 Å². The minimum Gasteiger partial charge on any atom is -0.454 e.